The van der Waals surface area contributed by atoms with Gasteiger partial charge in [0.05, 0.1) is 5.60 Å². The normalized spacial score (nSPS) is 14.0. The van der Waals surface area contributed by atoms with Crippen molar-refractivity contribution in [1.82, 2.24) is 0 Å². The number of rotatable bonds is 7. The molecule has 0 saturated heterocycles. The van der Waals surface area contributed by atoms with Crippen molar-refractivity contribution in [3.63, 3.8) is 0 Å². The molecule has 0 spiro atoms. The molecule has 5 aromatic carbocycles. The van der Waals surface area contributed by atoms with Gasteiger partial charge in [-0.25, -0.2) is 0 Å². The Balaban J connectivity index is 0.000000257. The van der Waals surface area contributed by atoms with Crippen LogP contribution in [0.3, 0.4) is 0 Å². The number of aldehydes is 1. The summed E-state index contributed by atoms with van der Waals surface area (Å²) in [6, 6.07) is 52.8. The van der Waals surface area contributed by atoms with Gasteiger partial charge in [-0.2, -0.15) is 30.3 Å². The van der Waals surface area contributed by atoms with E-state index in [9.17, 15) is 4.79 Å². The van der Waals surface area contributed by atoms with Crippen LogP contribution in [0.5, 0.6) is 0 Å². The minimum absolute atomic E-state index is 0. The molecule has 0 aliphatic heterocycles. The predicted molar refractivity (Wildman–Crippen MR) is 212 cm³/mol. The topological polar surface area (TPSA) is 37.3 Å². The van der Waals surface area contributed by atoms with E-state index in [-0.39, 0.29) is 37.5 Å². The van der Waals surface area contributed by atoms with Crippen LogP contribution in [-0.2, 0) is 37.5 Å². The fourth-order valence-corrected chi connectivity index (χ4v) is 9.32. The van der Waals surface area contributed by atoms with Crippen LogP contribution in [0, 0.1) is 68.8 Å². The molecule has 2 nitrogen and oxygen atoms in total. The van der Waals surface area contributed by atoms with E-state index in [1.807, 2.05) is 0 Å². The van der Waals surface area contributed by atoms with Crippen molar-refractivity contribution < 1.29 is 47.4 Å². The van der Waals surface area contributed by atoms with E-state index < -0.39 is 21.4 Å². The fraction of sp³-hybridized carbons (Fsp3) is 0.0889. The largest absolute Gasteiger partial charge is 2.00 e. The Bertz CT molecular complexity index is 1400. The molecule has 6 heteroatoms. The molecule has 2 aliphatic rings. The summed E-state index contributed by atoms with van der Waals surface area (Å²) in [5.74, 6) is 0. The summed E-state index contributed by atoms with van der Waals surface area (Å²) in [4.78, 5) is 9.99. The predicted octanol–water partition coefficient (Wildman–Crippen LogP) is 9.04. The monoisotopic (exact) mass is 839 g/mol. The van der Waals surface area contributed by atoms with E-state index in [1.54, 1.807) is 45.0 Å². The molecule has 5 aromatic rings. The van der Waals surface area contributed by atoms with Crippen LogP contribution >= 0.6 is 15.8 Å². The van der Waals surface area contributed by atoms with Crippen LogP contribution in [0.25, 0.3) is 0 Å². The molecule has 10 radical (unpaired) electrons. The third-order valence-corrected chi connectivity index (χ3v) is 11.6. The molecular formula is C45H43FeO2P2Pd+. The summed E-state index contributed by atoms with van der Waals surface area (Å²) in [7, 11) is -0.818. The summed E-state index contributed by atoms with van der Waals surface area (Å²) in [6.07, 6.45) is 18.2. The quantitative estimate of drug-likeness (QED) is 0.0770. The smallest absolute Gasteiger partial charge is 0.391 e. The molecule has 0 unspecified atom stereocenters. The van der Waals surface area contributed by atoms with Gasteiger partial charge in [0.25, 0.3) is 0 Å². The summed E-state index contributed by atoms with van der Waals surface area (Å²) < 4.78 is 0. The maximum atomic E-state index is 9.99. The van der Waals surface area contributed by atoms with Crippen LogP contribution in [0.1, 0.15) is 31.1 Å². The van der Waals surface area contributed by atoms with E-state index >= 15 is 0 Å². The molecule has 0 heterocycles. The summed E-state index contributed by atoms with van der Waals surface area (Å²) in [5, 5.41) is 14.2. The van der Waals surface area contributed by atoms with Gasteiger partial charge in [0.2, 0.25) is 0 Å². The molecule has 0 bridgehead atoms. The van der Waals surface area contributed by atoms with Crippen molar-refractivity contribution in [2.24, 2.45) is 0 Å². The van der Waals surface area contributed by atoms with E-state index in [2.05, 4.69) is 179 Å². The first-order valence-electron chi connectivity index (χ1n) is 16.2. The van der Waals surface area contributed by atoms with Crippen LogP contribution in [0.4, 0.5) is 0 Å². The summed E-state index contributed by atoms with van der Waals surface area (Å²) in [6.45, 7) is 5.23. The van der Waals surface area contributed by atoms with Crippen LogP contribution < -0.4 is 21.2 Å². The standard InChI is InChI=1S/2C17H14P.C7H5O.C4H10O.Fe.Pd/c2*1-3-9-15(10-4-1)18(17-13-7-8-14-17)16-11-5-2-6-12-16;8-6-7-4-2-1-3-5-7;1-4(2,3)5;;/h2*1-14H;2-6H;5H,1-3H3;;/q;;-1;;+2;. The van der Waals surface area contributed by atoms with Gasteiger partial charge in [-0.3, -0.25) is 0 Å². The molecule has 0 amide bonds. The molecule has 262 valence electrons. The Kier molecular flexibility index (Phi) is 21.9. The molecular weight excluding hydrogens is 797 g/mol. The van der Waals surface area contributed by atoms with Crippen molar-refractivity contribution in [1.29, 1.82) is 0 Å². The average molecular weight is 840 g/mol. The fourth-order valence-electron chi connectivity index (χ4n) is 4.71. The maximum Gasteiger partial charge on any atom is 2.00 e. The third-order valence-electron chi connectivity index (χ3n) is 6.74. The van der Waals surface area contributed by atoms with Crippen molar-refractivity contribution in [3.8, 4) is 0 Å². The first-order valence-corrected chi connectivity index (χ1v) is 18.9. The van der Waals surface area contributed by atoms with Gasteiger partial charge in [0.15, 0.2) is 0 Å². The Hall–Kier alpha value is -2.23. The minimum atomic E-state index is -0.500. The number of benzene rings is 5. The molecule has 2 aliphatic carbocycles. The second-order valence-corrected chi connectivity index (χ2v) is 16.4. The van der Waals surface area contributed by atoms with Crippen molar-refractivity contribution in [2.75, 3.05) is 0 Å². The van der Waals surface area contributed by atoms with Gasteiger partial charge in [-0.05, 0) is 109 Å². The van der Waals surface area contributed by atoms with E-state index in [4.69, 9.17) is 5.11 Å². The van der Waals surface area contributed by atoms with Crippen molar-refractivity contribution >= 4 is 43.3 Å². The Morgan fingerprint density at radius 2 is 0.765 bits per heavy atom. The SMILES string of the molecule is CC(C)(C)O.O=Cc1cc[c-]cc1.[CH]1[CH][CH][C](P(c2ccccc2)c2ccccc2)[CH]1.[CH]1[CH][CH][C](P(c2ccccc2)c2ccccc2)[CH]1.[Fe+2].[Pd]. The number of hydrogen-bond donors (Lipinski definition) is 1. The second kappa shape index (κ2) is 24.9. The van der Waals surface area contributed by atoms with Gasteiger partial charge >= 0.3 is 17.1 Å². The summed E-state index contributed by atoms with van der Waals surface area (Å²) >= 11 is 0. The zero-order chi connectivity index (χ0) is 34.7. The maximum absolute atomic E-state index is 9.99. The molecule has 1 N–H and O–H groups in total. The third kappa shape index (κ3) is 16.5. The second-order valence-electron chi connectivity index (χ2n) is 11.9. The number of hydrogen-bond acceptors (Lipinski definition) is 2. The van der Waals surface area contributed by atoms with Crippen LogP contribution in [-0.4, -0.2) is 17.0 Å². The van der Waals surface area contributed by atoms with Gasteiger partial charge in [0.1, 0.15) is 6.29 Å². The van der Waals surface area contributed by atoms with Crippen LogP contribution in [0.15, 0.2) is 146 Å². The minimum Gasteiger partial charge on any atom is -0.391 e. The molecule has 7 rings (SSSR count). The molecule has 0 aromatic heterocycles. The van der Waals surface area contributed by atoms with Gasteiger partial charge in [-0.1, -0.05) is 127 Å². The van der Waals surface area contributed by atoms with Gasteiger partial charge < -0.3 is 9.90 Å². The molecule has 0 atom stereocenters. The zero-order valence-corrected chi connectivity index (χ0v) is 33.4. The number of carbonyl (C=O) groups is 1. The average Bonchev–Trinajstić information content (AvgIpc) is 3.87. The zero-order valence-electron chi connectivity index (χ0n) is 29.0. The van der Waals surface area contributed by atoms with Gasteiger partial charge in [-0.15, -0.1) is 0 Å². The van der Waals surface area contributed by atoms with E-state index in [0.29, 0.717) is 5.56 Å². The van der Waals surface area contributed by atoms with E-state index in [0.717, 1.165) is 6.29 Å². The molecule has 2 saturated carbocycles. The Morgan fingerprint density at radius 3 is 0.980 bits per heavy atom. The Labute approximate surface area is 334 Å². The van der Waals surface area contributed by atoms with Crippen molar-refractivity contribution in [3.05, 3.63) is 220 Å². The van der Waals surface area contributed by atoms with E-state index in [1.165, 1.54) is 32.5 Å². The van der Waals surface area contributed by atoms with Crippen molar-refractivity contribution in [2.45, 2.75) is 26.4 Å². The Morgan fingerprint density at radius 1 is 0.510 bits per heavy atom. The van der Waals surface area contributed by atoms with Crippen LogP contribution in [0.2, 0.25) is 0 Å². The number of carbonyl (C=O) groups excluding carboxylic acids is 1. The first kappa shape index (κ1) is 44.9. The number of aliphatic hydroxyl groups is 1. The molecule has 2 fully saturated rings. The molecule has 51 heavy (non-hydrogen) atoms. The van der Waals surface area contributed by atoms with Gasteiger partial charge in [0, 0.05) is 31.7 Å². The first-order chi connectivity index (χ1) is 23.8. The summed E-state index contributed by atoms with van der Waals surface area (Å²) in [5.41, 5.74) is 3.04.